The van der Waals surface area contributed by atoms with E-state index in [1.54, 1.807) is 0 Å². The van der Waals surface area contributed by atoms with E-state index in [1.165, 1.54) is 13.3 Å². The Morgan fingerprint density at radius 3 is 2.78 bits per heavy atom. The lowest BCUT2D eigenvalue weighted by atomic mass is 10.2. The normalized spacial score (nSPS) is 18.7. The highest BCUT2D eigenvalue weighted by atomic mass is 16.2. The SMILES string of the molecule is CCCCN(CC1CCCN1)C(=O)CNC(C)=O. The Morgan fingerprint density at radius 1 is 1.44 bits per heavy atom. The maximum Gasteiger partial charge on any atom is 0.242 e. The molecule has 1 aliphatic rings. The van der Waals surface area contributed by atoms with E-state index in [-0.39, 0.29) is 18.4 Å². The van der Waals surface area contributed by atoms with Crippen molar-refractivity contribution in [3.05, 3.63) is 0 Å². The van der Waals surface area contributed by atoms with Crippen molar-refractivity contribution in [2.45, 2.75) is 45.6 Å². The van der Waals surface area contributed by atoms with E-state index in [1.807, 2.05) is 4.90 Å². The molecule has 0 aromatic rings. The van der Waals surface area contributed by atoms with Crippen LogP contribution in [0.2, 0.25) is 0 Å². The first kappa shape index (κ1) is 15.0. The highest BCUT2D eigenvalue weighted by molar-refractivity contribution is 5.83. The zero-order chi connectivity index (χ0) is 13.4. The van der Waals surface area contributed by atoms with Crippen molar-refractivity contribution in [3.8, 4) is 0 Å². The molecule has 2 N–H and O–H groups in total. The van der Waals surface area contributed by atoms with Gasteiger partial charge in [0.2, 0.25) is 11.8 Å². The third-order valence-corrected chi connectivity index (χ3v) is 3.23. The summed E-state index contributed by atoms with van der Waals surface area (Å²) in [5.74, 6) is -0.134. The van der Waals surface area contributed by atoms with Gasteiger partial charge in [-0.2, -0.15) is 0 Å². The number of carbonyl (C=O) groups is 2. The van der Waals surface area contributed by atoms with E-state index in [4.69, 9.17) is 0 Å². The van der Waals surface area contributed by atoms with Crippen molar-refractivity contribution in [1.82, 2.24) is 15.5 Å². The number of unbranched alkanes of at least 4 members (excludes halogenated alkanes) is 1. The van der Waals surface area contributed by atoms with Crippen LogP contribution >= 0.6 is 0 Å². The van der Waals surface area contributed by atoms with Crippen LogP contribution < -0.4 is 10.6 Å². The smallest absolute Gasteiger partial charge is 0.242 e. The van der Waals surface area contributed by atoms with Gasteiger partial charge in [0.25, 0.3) is 0 Å². The van der Waals surface area contributed by atoms with Gasteiger partial charge >= 0.3 is 0 Å². The molecule has 1 aliphatic heterocycles. The van der Waals surface area contributed by atoms with E-state index < -0.39 is 0 Å². The van der Waals surface area contributed by atoms with Crippen LogP contribution in [-0.4, -0.2) is 48.9 Å². The molecule has 5 heteroatoms. The highest BCUT2D eigenvalue weighted by Crippen LogP contribution is 2.08. The van der Waals surface area contributed by atoms with E-state index in [0.717, 1.165) is 38.9 Å². The Kier molecular flexibility index (Phi) is 6.72. The van der Waals surface area contributed by atoms with Crippen molar-refractivity contribution in [1.29, 1.82) is 0 Å². The second-order valence-electron chi connectivity index (χ2n) is 4.90. The van der Waals surface area contributed by atoms with Gasteiger partial charge in [0.05, 0.1) is 6.54 Å². The van der Waals surface area contributed by atoms with Crippen LogP contribution in [0.1, 0.15) is 39.5 Å². The number of hydrogen-bond acceptors (Lipinski definition) is 3. The maximum atomic E-state index is 12.0. The van der Waals surface area contributed by atoms with E-state index >= 15 is 0 Å². The molecular weight excluding hydrogens is 230 g/mol. The molecule has 0 spiro atoms. The highest BCUT2D eigenvalue weighted by Gasteiger charge is 2.20. The zero-order valence-corrected chi connectivity index (χ0v) is 11.5. The first-order valence-electron chi connectivity index (χ1n) is 6.89. The van der Waals surface area contributed by atoms with Crippen LogP contribution in [0.4, 0.5) is 0 Å². The average molecular weight is 255 g/mol. The zero-order valence-electron chi connectivity index (χ0n) is 11.5. The average Bonchev–Trinajstić information content (AvgIpc) is 2.84. The number of hydrogen-bond donors (Lipinski definition) is 2. The summed E-state index contributed by atoms with van der Waals surface area (Å²) in [4.78, 5) is 24.7. The monoisotopic (exact) mass is 255 g/mol. The Morgan fingerprint density at radius 2 is 2.22 bits per heavy atom. The molecule has 0 aromatic carbocycles. The van der Waals surface area contributed by atoms with E-state index in [2.05, 4.69) is 17.6 Å². The standard InChI is InChI=1S/C13H25N3O2/c1-3-4-8-16(10-12-6-5-7-14-12)13(18)9-15-11(2)17/h12,14H,3-10H2,1-2H3,(H,15,17). The number of nitrogens with one attached hydrogen (secondary N) is 2. The van der Waals surface area contributed by atoms with Crippen molar-refractivity contribution in [2.75, 3.05) is 26.2 Å². The predicted molar refractivity (Wildman–Crippen MR) is 71.2 cm³/mol. The van der Waals surface area contributed by atoms with Gasteiger partial charge in [-0.15, -0.1) is 0 Å². The molecule has 0 radical (unpaired) electrons. The Labute approximate surface area is 109 Å². The molecule has 5 nitrogen and oxygen atoms in total. The number of rotatable bonds is 7. The third kappa shape index (κ3) is 5.49. The predicted octanol–water partition coefficient (Wildman–Crippen LogP) is 0.503. The molecule has 1 fully saturated rings. The minimum absolute atomic E-state index is 0.0207. The summed E-state index contributed by atoms with van der Waals surface area (Å²) in [7, 11) is 0. The molecule has 1 atom stereocenters. The summed E-state index contributed by atoms with van der Waals surface area (Å²) >= 11 is 0. The summed E-state index contributed by atoms with van der Waals surface area (Å²) in [5, 5.41) is 5.98. The van der Waals surface area contributed by atoms with Gasteiger partial charge in [0, 0.05) is 26.1 Å². The second-order valence-corrected chi connectivity index (χ2v) is 4.90. The fourth-order valence-electron chi connectivity index (χ4n) is 2.16. The van der Waals surface area contributed by atoms with Crippen molar-refractivity contribution in [3.63, 3.8) is 0 Å². The molecular formula is C13H25N3O2. The second kappa shape index (κ2) is 8.08. The van der Waals surface area contributed by atoms with Gasteiger partial charge in [-0.3, -0.25) is 9.59 Å². The summed E-state index contributed by atoms with van der Waals surface area (Å²) in [6.07, 6.45) is 4.41. The molecule has 18 heavy (non-hydrogen) atoms. The van der Waals surface area contributed by atoms with Crippen LogP contribution in [0.15, 0.2) is 0 Å². The van der Waals surface area contributed by atoms with E-state index in [0.29, 0.717) is 6.04 Å². The van der Waals surface area contributed by atoms with Crippen LogP contribution in [0, 0.1) is 0 Å². The van der Waals surface area contributed by atoms with Gasteiger partial charge in [-0.25, -0.2) is 0 Å². The number of carbonyl (C=O) groups excluding carboxylic acids is 2. The van der Waals surface area contributed by atoms with Crippen LogP contribution in [0.25, 0.3) is 0 Å². The maximum absolute atomic E-state index is 12.0. The molecule has 0 saturated carbocycles. The Hall–Kier alpha value is -1.10. The molecule has 0 bridgehead atoms. The molecule has 0 aromatic heterocycles. The summed E-state index contributed by atoms with van der Waals surface area (Å²) in [5.41, 5.74) is 0. The first-order valence-corrected chi connectivity index (χ1v) is 6.89. The van der Waals surface area contributed by atoms with Crippen molar-refractivity contribution < 1.29 is 9.59 Å². The molecule has 1 rings (SSSR count). The fourth-order valence-corrected chi connectivity index (χ4v) is 2.16. The topological polar surface area (TPSA) is 61.4 Å². The first-order chi connectivity index (χ1) is 8.63. The lowest BCUT2D eigenvalue weighted by Crippen LogP contribution is -2.45. The van der Waals surface area contributed by atoms with Gasteiger partial charge in [0.1, 0.15) is 0 Å². The van der Waals surface area contributed by atoms with Gasteiger partial charge < -0.3 is 15.5 Å². The quantitative estimate of drug-likeness (QED) is 0.696. The molecule has 2 amide bonds. The summed E-state index contributed by atoms with van der Waals surface area (Å²) in [6, 6.07) is 0.420. The number of nitrogens with zero attached hydrogens (tertiary/aromatic N) is 1. The van der Waals surface area contributed by atoms with Gasteiger partial charge in [-0.05, 0) is 25.8 Å². The van der Waals surface area contributed by atoms with E-state index in [9.17, 15) is 9.59 Å². The minimum atomic E-state index is -0.155. The van der Waals surface area contributed by atoms with Crippen LogP contribution in [0.5, 0.6) is 0 Å². The third-order valence-electron chi connectivity index (χ3n) is 3.23. The summed E-state index contributed by atoms with van der Waals surface area (Å²) in [6.45, 7) is 6.26. The molecule has 1 saturated heterocycles. The Balaban J connectivity index is 2.41. The van der Waals surface area contributed by atoms with Crippen molar-refractivity contribution in [2.24, 2.45) is 0 Å². The Bertz CT molecular complexity index is 275. The number of amides is 2. The van der Waals surface area contributed by atoms with Crippen molar-refractivity contribution >= 4 is 11.8 Å². The van der Waals surface area contributed by atoms with Crippen LogP contribution in [-0.2, 0) is 9.59 Å². The fraction of sp³-hybridized carbons (Fsp3) is 0.846. The molecule has 1 unspecified atom stereocenters. The minimum Gasteiger partial charge on any atom is -0.347 e. The lowest BCUT2D eigenvalue weighted by molar-refractivity contribution is -0.132. The van der Waals surface area contributed by atoms with Gasteiger partial charge in [0.15, 0.2) is 0 Å². The largest absolute Gasteiger partial charge is 0.347 e. The lowest BCUT2D eigenvalue weighted by Gasteiger charge is -2.26. The van der Waals surface area contributed by atoms with Gasteiger partial charge in [-0.1, -0.05) is 13.3 Å². The molecule has 0 aliphatic carbocycles. The molecule has 104 valence electrons. The molecule has 1 heterocycles. The van der Waals surface area contributed by atoms with Crippen LogP contribution in [0.3, 0.4) is 0 Å². The summed E-state index contributed by atoms with van der Waals surface area (Å²) < 4.78 is 0.